The third-order valence-electron chi connectivity index (χ3n) is 3.09. The van der Waals surface area contributed by atoms with Gasteiger partial charge in [-0.25, -0.2) is 14.0 Å². The Morgan fingerprint density at radius 2 is 1.62 bits per heavy atom. The Hall–Kier alpha value is -2.64. The maximum absolute atomic E-state index is 13.6. The van der Waals surface area contributed by atoms with Crippen LogP contribution in [-0.4, -0.2) is 36.0 Å². The van der Waals surface area contributed by atoms with Crippen LogP contribution in [0.2, 0.25) is 0 Å². The molecule has 0 heterocycles. The first-order valence-corrected chi connectivity index (χ1v) is 7.97. The molecule has 0 aliphatic heterocycles. The van der Waals surface area contributed by atoms with Gasteiger partial charge in [0.1, 0.15) is 17.5 Å². The largest absolute Gasteiger partial charge is 0.547 e. The normalized spacial score (nSPS) is 13.7. The lowest BCUT2D eigenvalue weighted by molar-refractivity contribution is -0.315. The van der Waals surface area contributed by atoms with E-state index < -0.39 is 41.9 Å². The highest BCUT2D eigenvalue weighted by molar-refractivity contribution is 5.90. The van der Waals surface area contributed by atoms with Gasteiger partial charge in [-0.3, -0.25) is 0 Å². The fourth-order valence-corrected chi connectivity index (χ4v) is 1.89. The SMILES string of the molecule is CC(C)C(OC(=O)c1ccc(OC(=O)OC(C)(C)C)cc1)C(F)C(=O)[O-]. The third kappa shape index (κ3) is 6.70. The summed E-state index contributed by atoms with van der Waals surface area (Å²) >= 11 is 0. The van der Waals surface area contributed by atoms with Crippen molar-refractivity contribution >= 4 is 18.1 Å². The van der Waals surface area contributed by atoms with E-state index in [1.165, 1.54) is 38.1 Å². The van der Waals surface area contributed by atoms with Gasteiger partial charge in [-0.2, -0.15) is 0 Å². The first-order valence-electron chi connectivity index (χ1n) is 7.97. The van der Waals surface area contributed by atoms with Crippen molar-refractivity contribution in [2.45, 2.75) is 52.5 Å². The minimum absolute atomic E-state index is 0.0396. The molecule has 0 fully saturated rings. The minimum Gasteiger partial charge on any atom is -0.547 e. The van der Waals surface area contributed by atoms with Crippen LogP contribution in [0.3, 0.4) is 0 Å². The Morgan fingerprint density at radius 1 is 1.08 bits per heavy atom. The predicted octanol–water partition coefficient (Wildman–Crippen LogP) is 2.27. The van der Waals surface area contributed by atoms with E-state index >= 15 is 0 Å². The number of hydrogen-bond donors (Lipinski definition) is 0. The van der Waals surface area contributed by atoms with Crippen molar-refractivity contribution in [1.82, 2.24) is 0 Å². The van der Waals surface area contributed by atoms with Crippen LogP contribution in [0, 0.1) is 5.92 Å². The van der Waals surface area contributed by atoms with Crippen LogP contribution >= 0.6 is 0 Å². The Balaban J connectivity index is 2.76. The van der Waals surface area contributed by atoms with Gasteiger partial charge in [0.2, 0.25) is 0 Å². The molecule has 0 bridgehead atoms. The van der Waals surface area contributed by atoms with Gasteiger partial charge in [-0.15, -0.1) is 0 Å². The summed E-state index contributed by atoms with van der Waals surface area (Å²) in [5, 5.41) is 10.7. The number of ether oxygens (including phenoxy) is 3. The van der Waals surface area contributed by atoms with Crippen LogP contribution in [0.25, 0.3) is 0 Å². The first-order chi connectivity index (χ1) is 11.9. The van der Waals surface area contributed by atoms with Crippen LogP contribution in [0.4, 0.5) is 9.18 Å². The van der Waals surface area contributed by atoms with Crippen molar-refractivity contribution in [3.05, 3.63) is 29.8 Å². The Kier molecular flexibility index (Phi) is 7.11. The maximum Gasteiger partial charge on any atom is 0.514 e. The first kappa shape index (κ1) is 21.4. The fourth-order valence-electron chi connectivity index (χ4n) is 1.89. The van der Waals surface area contributed by atoms with Gasteiger partial charge in [0.25, 0.3) is 0 Å². The van der Waals surface area contributed by atoms with E-state index in [2.05, 4.69) is 0 Å². The number of aliphatic carboxylic acids is 1. The number of halogens is 1. The molecule has 1 rings (SSSR count). The Labute approximate surface area is 151 Å². The second kappa shape index (κ2) is 8.64. The summed E-state index contributed by atoms with van der Waals surface area (Å²) in [5.41, 5.74) is -0.674. The maximum atomic E-state index is 13.6. The molecule has 2 atom stereocenters. The Morgan fingerprint density at radius 3 is 2.04 bits per heavy atom. The van der Waals surface area contributed by atoms with Crippen molar-refractivity contribution in [1.29, 1.82) is 0 Å². The highest BCUT2D eigenvalue weighted by atomic mass is 19.1. The summed E-state index contributed by atoms with van der Waals surface area (Å²) in [4.78, 5) is 34.3. The van der Waals surface area contributed by atoms with Gasteiger partial charge in [0.15, 0.2) is 6.17 Å². The lowest BCUT2D eigenvalue weighted by Gasteiger charge is -2.25. The molecule has 0 saturated carbocycles. The van der Waals surface area contributed by atoms with E-state index in [0.717, 1.165) is 0 Å². The average Bonchev–Trinajstić information content (AvgIpc) is 2.50. The van der Waals surface area contributed by atoms with Crippen molar-refractivity contribution in [3.8, 4) is 5.75 Å². The monoisotopic (exact) mass is 369 g/mol. The number of alkyl halides is 1. The lowest BCUT2D eigenvalue weighted by Crippen LogP contribution is -2.45. The van der Waals surface area contributed by atoms with Crippen molar-refractivity contribution in [2.24, 2.45) is 5.92 Å². The number of benzene rings is 1. The number of carboxylic acids is 1. The molecule has 0 aliphatic rings. The number of carbonyl (C=O) groups is 3. The number of carboxylic acid groups (broad SMARTS) is 1. The van der Waals surface area contributed by atoms with E-state index in [1.54, 1.807) is 20.8 Å². The van der Waals surface area contributed by atoms with Gasteiger partial charge < -0.3 is 24.1 Å². The topological polar surface area (TPSA) is 102 Å². The standard InChI is InChI=1S/C18H23FO7/c1-10(2)14(13(19)15(20)21)25-16(22)11-6-8-12(9-7-11)24-17(23)26-18(3,4)5/h6-10,13-14H,1-5H3,(H,20,21)/p-1. The van der Waals surface area contributed by atoms with Gasteiger partial charge >= 0.3 is 12.1 Å². The smallest absolute Gasteiger partial charge is 0.514 e. The number of carbonyl (C=O) groups excluding carboxylic acids is 3. The molecule has 1 aromatic rings. The van der Waals surface area contributed by atoms with E-state index in [-0.39, 0.29) is 11.3 Å². The van der Waals surface area contributed by atoms with E-state index in [0.29, 0.717) is 0 Å². The average molecular weight is 369 g/mol. The second-order valence-corrected chi connectivity index (χ2v) is 6.93. The van der Waals surface area contributed by atoms with E-state index in [9.17, 15) is 23.9 Å². The molecule has 144 valence electrons. The molecule has 0 N–H and O–H groups in total. The van der Waals surface area contributed by atoms with Crippen LogP contribution in [0.15, 0.2) is 24.3 Å². The fraction of sp³-hybridized carbons (Fsp3) is 0.500. The molecule has 26 heavy (non-hydrogen) atoms. The summed E-state index contributed by atoms with van der Waals surface area (Å²) in [6.07, 6.45) is -4.82. The van der Waals surface area contributed by atoms with Crippen molar-refractivity contribution in [2.75, 3.05) is 0 Å². The second-order valence-electron chi connectivity index (χ2n) is 6.93. The van der Waals surface area contributed by atoms with Gasteiger partial charge in [0, 0.05) is 0 Å². The zero-order chi connectivity index (χ0) is 20.1. The number of esters is 1. The molecule has 0 amide bonds. The van der Waals surface area contributed by atoms with E-state index in [4.69, 9.17) is 14.2 Å². The van der Waals surface area contributed by atoms with Crippen LogP contribution in [0.1, 0.15) is 45.0 Å². The molecule has 0 saturated heterocycles. The molecule has 8 heteroatoms. The van der Waals surface area contributed by atoms with Crippen molar-refractivity contribution in [3.63, 3.8) is 0 Å². The third-order valence-corrected chi connectivity index (χ3v) is 3.09. The minimum atomic E-state index is -2.44. The molecular weight excluding hydrogens is 347 g/mol. The van der Waals surface area contributed by atoms with E-state index in [1.807, 2.05) is 0 Å². The lowest BCUT2D eigenvalue weighted by atomic mass is 10.0. The zero-order valence-electron chi connectivity index (χ0n) is 15.3. The summed E-state index contributed by atoms with van der Waals surface area (Å²) in [7, 11) is 0. The predicted molar refractivity (Wildman–Crippen MR) is 87.2 cm³/mol. The summed E-state index contributed by atoms with van der Waals surface area (Å²) < 4.78 is 28.5. The zero-order valence-corrected chi connectivity index (χ0v) is 15.3. The van der Waals surface area contributed by atoms with Gasteiger partial charge in [-0.1, -0.05) is 13.8 Å². The Bertz CT molecular complexity index is 646. The summed E-state index contributed by atoms with van der Waals surface area (Å²) in [6, 6.07) is 5.25. The molecule has 7 nitrogen and oxygen atoms in total. The summed E-state index contributed by atoms with van der Waals surface area (Å²) in [5.74, 6) is -3.29. The molecule has 0 aliphatic carbocycles. The van der Waals surface area contributed by atoms with Crippen LogP contribution in [-0.2, 0) is 14.3 Å². The van der Waals surface area contributed by atoms with Crippen molar-refractivity contribution < 1.29 is 38.1 Å². The van der Waals surface area contributed by atoms with Crippen LogP contribution in [0.5, 0.6) is 5.75 Å². The molecular formula is C18H22FO7-. The van der Waals surface area contributed by atoms with Gasteiger partial charge in [-0.05, 0) is 51.0 Å². The number of hydrogen-bond acceptors (Lipinski definition) is 7. The molecule has 0 aromatic heterocycles. The molecule has 0 radical (unpaired) electrons. The molecule has 1 aromatic carbocycles. The van der Waals surface area contributed by atoms with Gasteiger partial charge in [0.05, 0.1) is 11.5 Å². The highest BCUT2D eigenvalue weighted by Gasteiger charge is 2.29. The quantitative estimate of drug-likeness (QED) is 0.560. The molecule has 2 unspecified atom stereocenters. The number of rotatable bonds is 6. The van der Waals surface area contributed by atoms with Crippen LogP contribution < -0.4 is 9.84 Å². The highest BCUT2D eigenvalue weighted by Crippen LogP contribution is 2.19. The molecule has 0 spiro atoms. The summed E-state index contributed by atoms with van der Waals surface area (Å²) in [6.45, 7) is 8.09.